The molecule has 2 aliphatic heterocycles. The van der Waals surface area contributed by atoms with Crippen molar-refractivity contribution in [1.82, 2.24) is 29.9 Å². The molecule has 0 unspecified atom stereocenters. The molecule has 5 heterocycles. The quantitative estimate of drug-likeness (QED) is 0.149. The molecule has 14 nitrogen and oxygen atoms in total. The average molecular weight is 862 g/mol. The van der Waals surface area contributed by atoms with Gasteiger partial charge in [-0.15, -0.1) is 22.7 Å². The molecule has 1 saturated heterocycles. The molecule has 2 saturated carbocycles. The number of rotatable bonds is 10. The summed E-state index contributed by atoms with van der Waals surface area (Å²) in [5.74, 6) is -0.547. The zero-order valence-electron chi connectivity index (χ0n) is 33.9. The number of amides is 3. The second kappa shape index (κ2) is 16.1. The van der Waals surface area contributed by atoms with Gasteiger partial charge in [0.25, 0.3) is 5.91 Å². The van der Waals surface area contributed by atoms with Gasteiger partial charge < -0.3 is 25.0 Å². The molecule has 3 N–H and O–H groups in total. The van der Waals surface area contributed by atoms with Crippen LogP contribution in [-0.4, -0.2) is 88.1 Å². The SMILES string of the molecule is COc1ccc2c(O[C@@H]3C[C@H]4C(=O)N[C@]5(C(=O)NS(=O)(=O)C6(C)CC6)C[C@H]5/C=C\CCCCC[C@H](Nc5nccs5)C(=O)N4C3)cc(-c3nc(C(C)C)cs3)nc2c1C. The molecule has 4 aliphatic rings. The molecule has 0 radical (unpaired) electrons. The first-order valence-electron chi connectivity index (χ1n) is 20.3. The van der Waals surface area contributed by atoms with Gasteiger partial charge in [0.2, 0.25) is 21.8 Å². The van der Waals surface area contributed by atoms with Gasteiger partial charge in [-0.2, -0.15) is 0 Å². The van der Waals surface area contributed by atoms with E-state index in [9.17, 15) is 22.8 Å². The van der Waals surface area contributed by atoms with Gasteiger partial charge in [0, 0.05) is 46.3 Å². The van der Waals surface area contributed by atoms with Gasteiger partial charge in [-0.3, -0.25) is 19.1 Å². The molecule has 0 spiro atoms. The first-order chi connectivity index (χ1) is 28.2. The largest absolute Gasteiger partial charge is 0.496 e. The Kier molecular flexibility index (Phi) is 11.2. The van der Waals surface area contributed by atoms with E-state index in [1.54, 1.807) is 25.1 Å². The van der Waals surface area contributed by atoms with E-state index in [0.29, 0.717) is 47.1 Å². The van der Waals surface area contributed by atoms with Gasteiger partial charge in [-0.1, -0.05) is 38.8 Å². The topological polar surface area (TPSA) is 182 Å². The molecular weight excluding hydrogens is 811 g/mol. The van der Waals surface area contributed by atoms with Gasteiger partial charge in [0.1, 0.15) is 45.9 Å². The van der Waals surface area contributed by atoms with E-state index >= 15 is 0 Å². The number of ether oxygens (including phenoxy) is 2. The first kappa shape index (κ1) is 41.1. The van der Waals surface area contributed by atoms with Crippen molar-refractivity contribution < 1.29 is 32.3 Å². The van der Waals surface area contributed by atoms with Crippen molar-refractivity contribution in [3.05, 3.63) is 58.6 Å². The minimum absolute atomic E-state index is 0.0886. The Bertz CT molecular complexity index is 2400. The number of hydrogen-bond acceptors (Lipinski definition) is 13. The maximum Gasteiger partial charge on any atom is 0.259 e. The van der Waals surface area contributed by atoms with Crippen molar-refractivity contribution in [1.29, 1.82) is 0 Å². The molecule has 0 bridgehead atoms. The highest BCUT2D eigenvalue weighted by atomic mass is 32.2. The molecule has 2 aliphatic carbocycles. The molecule has 1 aromatic carbocycles. The number of carbonyl (C=O) groups is 3. The van der Waals surface area contributed by atoms with Crippen LogP contribution in [0, 0.1) is 12.8 Å². The zero-order chi connectivity index (χ0) is 41.7. The predicted octanol–water partition coefficient (Wildman–Crippen LogP) is 6.48. The summed E-state index contributed by atoms with van der Waals surface area (Å²) in [7, 11) is -2.36. The minimum Gasteiger partial charge on any atom is -0.496 e. The second-order valence-corrected chi connectivity index (χ2v) is 20.7. The standard InChI is InChI=1S/C42H51N7O7S3/c1-24(2)31-23-58-37(45-31)30-20-34(28-13-14-33(55-5)25(3)35(28)44-30)56-27-19-32-36(50)47-42(39(52)48-59(53,54)41(4)15-16-41)21-26(42)11-9-7-6-8-10-12-29(38(51)49(32)22-27)46-40-43-17-18-57-40/h9,11,13-14,17-18,20,23-24,26-27,29,32H,6-8,10,12,15-16,19,21-22H2,1-5H3,(H,43,46)(H,47,50)(H,48,52)/b11-9-/t26-,27-,29+,32+,42-/m1/s1. The lowest BCUT2D eigenvalue weighted by molar-refractivity contribution is -0.140. The average Bonchev–Trinajstić information content (AvgIpc) is 3.79. The number of pyridine rings is 1. The van der Waals surface area contributed by atoms with Crippen molar-refractivity contribution >= 4 is 66.5 Å². The Morgan fingerprint density at radius 1 is 1.10 bits per heavy atom. The minimum atomic E-state index is -3.97. The van der Waals surface area contributed by atoms with E-state index in [4.69, 9.17) is 19.4 Å². The van der Waals surface area contributed by atoms with E-state index in [1.807, 2.05) is 48.0 Å². The number of aryl methyl sites for hydroxylation is 1. The molecule has 3 aromatic heterocycles. The number of thiazole rings is 2. The summed E-state index contributed by atoms with van der Waals surface area (Å²) in [5, 5.41) is 12.3. The van der Waals surface area contributed by atoms with Gasteiger partial charge in [0.15, 0.2) is 5.13 Å². The second-order valence-electron chi connectivity index (χ2n) is 16.8. The van der Waals surface area contributed by atoms with Gasteiger partial charge in [0.05, 0.1) is 29.6 Å². The zero-order valence-corrected chi connectivity index (χ0v) is 36.4. The highest BCUT2D eigenvalue weighted by Gasteiger charge is 2.63. The highest BCUT2D eigenvalue weighted by molar-refractivity contribution is 7.91. The number of nitrogens with one attached hydrogen (secondary N) is 3. The van der Waals surface area contributed by atoms with E-state index < -0.39 is 56.2 Å². The van der Waals surface area contributed by atoms with Crippen LogP contribution in [0.2, 0.25) is 0 Å². The molecule has 314 valence electrons. The van der Waals surface area contributed by atoms with Crippen LogP contribution >= 0.6 is 22.7 Å². The summed E-state index contributed by atoms with van der Waals surface area (Å²) in [6.07, 6.45) is 10.0. The molecule has 8 rings (SSSR count). The molecule has 59 heavy (non-hydrogen) atoms. The van der Waals surface area contributed by atoms with Gasteiger partial charge >= 0.3 is 0 Å². The number of fused-ring (bicyclic) bond motifs is 3. The summed E-state index contributed by atoms with van der Waals surface area (Å²) < 4.78 is 40.3. The molecule has 3 fully saturated rings. The third-order valence-corrected chi connectivity index (χ3v) is 15.9. The molecule has 17 heteroatoms. The van der Waals surface area contributed by atoms with Gasteiger partial charge in [-0.05, 0) is 70.4 Å². The van der Waals surface area contributed by atoms with E-state index in [0.717, 1.165) is 47.3 Å². The number of aromatic nitrogens is 3. The first-order valence-corrected chi connectivity index (χ1v) is 23.6. The van der Waals surface area contributed by atoms with Crippen molar-refractivity contribution in [3.8, 4) is 22.2 Å². The summed E-state index contributed by atoms with van der Waals surface area (Å²) in [5.41, 5.74) is 1.63. The van der Waals surface area contributed by atoms with Crippen LogP contribution in [0.1, 0.15) is 95.7 Å². The summed E-state index contributed by atoms with van der Waals surface area (Å²) in [4.78, 5) is 59.3. The predicted molar refractivity (Wildman–Crippen MR) is 228 cm³/mol. The fourth-order valence-electron chi connectivity index (χ4n) is 8.05. The molecule has 5 atom stereocenters. The maximum atomic E-state index is 14.8. The highest BCUT2D eigenvalue weighted by Crippen LogP contribution is 2.48. The smallest absolute Gasteiger partial charge is 0.259 e. The number of nitrogens with zero attached hydrogens (tertiary/aromatic N) is 4. The summed E-state index contributed by atoms with van der Waals surface area (Å²) >= 11 is 2.89. The summed E-state index contributed by atoms with van der Waals surface area (Å²) in [6, 6.07) is 3.94. The van der Waals surface area contributed by atoms with Crippen molar-refractivity contribution in [2.75, 3.05) is 19.0 Å². The number of carbonyl (C=O) groups excluding carboxylic acids is 3. The number of sulfonamides is 1. The molecule has 4 aromatic rings. The Morgan fingerprint density at radius 3 is 2.63 bits per heavy atom. The number of hydrogen-bond donors (Lipinski definition) is 3. The van der Waals surface area contributed by atoms with Crippen LogP contribution in [0.5, 0.6) is 11.5 Å². The Balaban J connectivity index is 1.15. The lowest BCUT2D eigenvalue weighted by Crippen LogP contribution is -2.58. The fourth-order valence-corrected chi connectivity index (χ4v) is 10.9. The lowest BCUT2D eigenvalue weighted by Gasteiger charge is -2.30. The van der Waals surface area contributed by atoms with Crippen LogP contribution in [0.15, 0.2) is 47.3 Å². The third-order valence-electron chi connectivity index (χ3n) is 12.2. The third kappa shape index (κ3) is 8.17. The van der Waals surface area contributed by atoms with Crippen molar-refractivity contribution in [2.24, 2.45) is 5.92 Å². The molecular formula is C42H51N7O7S3. The van der Waals surface area contributed by atoms with E-state index in [1.165, 1.54) is 22.7 Å². The van der Waals surface area contributed by atoms with E-state index in [2.05, 4.69) is 34.2 Å². The van der Waals surface area contributed by atoms with Crippen LogP contribution < -0.4 is 24.8 Å². The van der Waals surface area contributed by atoms with Gasteiger partial charge in [-0.25, -0.2) is 23.4 Å². The van der Waals surface area contributed by atoms with E-state index in [-0.39, 0.29) is 31.2 Å². The Labute approximate surface area is 352 Å². The molecule has 3 amide bonds. The number of benzene rings is 1. The van der Waals surface area contributed by atoms with Crippen LogP contribution in [0.4, 0.5) is 5.13 Å². The monoisotopic (exact) mass is 861 g/mol. The van der Waals surface area contributed by atoms with Crippen LogP contribution in [-0.2, 0) is 24.4 Å². The van der Waals surface area contributed by atoms with Crippen molar-refractivity contribution in [3.63, 3.8) is 0 Å². The number of anilines is 1. The number of allylic oxidation sites excluding steroid dienone is 1. The lowest BCUT2D eigenvalue weighted by atomic mass is 10.1. The maximum absolute atomic E-state index is 14.8. The Morgan fingerprint density at radius 2 is 1.92 bits per heavy atom. The number of methoxy groups -OCH3 is 1. The van der Waals surface area contributed by atoms with Crippen molar-refractivity contribution in [2.45, 2.75) is 120 Å². The fraction of sp³-hybridized carbons (Fsp3) is 0.524. The normalized spacial score (nSPS) is 26.2. The van der Waals surface area contributed by atoms with Crippen LogP contribution in [0.25, 0.3) is 21.6 Å². The van der Waals surface area contributed by atoms with Crippen LogP contribution in [0.3, 0.4) is 0 Å². The summed E-state index contributed by atoms with van der Waals surface area (Å²) in [6.45, 7) is 7.83. The Hall–Kier alpha value is -4.61.